The van der Waals surface area contributed by atoms with E-state index in [1.165, 1.54) is 11.1 Å². The van der Waals surface area contributed by atoms with Gasteiger partial charge in [0.15, 0.2) is 11.5 Å². The number of amides is 2. The number of hydrogen-bond acceptors (Lipinski definition) is 7. The maximum Gasteiger partial charge on any atom is 0.274 e. The molecule has 5 rings (SSSR count). The number of carbonyl (C=O) groups is 2. The van der Waals surface area contributed by atoms with Gasteiger partial charge >= 0.3 is 0 Å². The van der Waals surface area contributed by atoms with Crippen LogP contribution < -0.4 is 16.0 Å². The Morgan fingerprint density at radius 3 is 2.67 bits per heavy atom. The van der Waals surface area contributed by atoms with Gasteiger partial charge in [-0.3, -0.25) is 24.2 Å². The zero-order chi connectivity index (χ0) is 27.7. The zero-order valence-corrected chi connectivity index (χ0v) is 22.1. The van der Waals surface area contributed by atoms with Crippen LogP contribution >= 0.6 is 0 Å². The molecule has 39 heavy (non-hydrogen) atoms. The lowest BCUT2D eigenvalue weighted by molar-refractivity contribution is -0.115. The third-order valence-electron chi connectivity index (χ3n) is 6.55. The topological polar surface area (TPSA) is 131 Å². The van der Waals surface area contributed by atoms with E-state index in [1.807, 2.05) is 62.7 Å². The lowest BCUT2D eigenvalue weighted by Crippen LogP contribution is -2.57. The van der Waals surface area contributed by atoms with Gasteiger partial charge in [0, 0.05) is 25.0 Å². The SMILES string of the molecule is Cc1cnc(C(=O)NC(C)C2=NC3(C)CC=CC(C#Cc4cnn(C)c4)=C3C(=O)N2c2ccccc2)c(N)n1. The third kappa shape index (κ3) is 4.94. The van der Waals surface area contributed by atoms with Crippen molar-refractivity contribution in [1.82, 2.24) is 25.1 Å². The number of benzene rings is 1. The van der Waals surface area contributed by atoms with Crippen molar-refractivity contribution in [2.24, 2.45) is 12.0 Å². The maximum absolute atomic E-state index is 14.3. The highest BCUT2D eigenvalue weighted by atomic mass is 16.2. The minimum atomic E-state index is -0.868. The molecule has 0 saturated heterocycles. The number of fused-ring (bicyclic) bond motifs is 1. The van der Waals surface area contributed by atoms with Gasteiger partial charge in [-0.2, -0.15) is 5.10 Å². The normalized spacial score (nSPS) is 19.1. The number of allylic oxidation sites excluding steroid dienone is 2. The molecule has 10 heteroatoms. The molecule has 3 aromatic rings. The number of aryl methyl sites for hydroxylation is 2. The van der Waals surface area contributed by atoms with Crippen LogP contribution in [0.1, 0.15) is 42.0 Å². The summed E-state index contributed by atoms with van der Waals surface area (Å²) in [7, 11) is 1.82. The minimum Gasteiger partial charge on any atom is -0.382 e. The smallest absolute Gasteiger partial charge is 0.274 e. The lowest BCUT2D eigenvalue weighted by Gasteiger charge is -2.41. The Morgan fingerprint density at radius 2 is 1.97 bits per heavy atom. The summed E-state index contributed by atoms with van der Waals surface area (Å²) in [6.45, 7) is 5.43. The molecule has 1 aromatic carbocycles. The van der Waals surface area contributed by atoms with E-state index < -0.39 is 17.5 Å². The van der Waals surface area contributed by atoms with Gasteiger partial charge in [0.1, 0.15) is 5.84 Å². The Bertz CT molecular complexity index is 1620. The number of aromatic nitrogens is 4. The number of nitrogens with one attached hydrogen (secondary N) is 1. The van der Waals surface area contributed by atoms with E-state index in [-0.39, 0.29) is 17.4 Å². The molecule has 2 unspecified atom stereocenters. The van der Waals surface area contributed by atoms with Gasteiger partial charge in [0.05, 0.1) is 40.3 Å². The number of nitrogens with zero attached hydrogens (tertiary/aromatic N) is 6. The van der Waals surface area contributed by atoms with Crippen LogP contribution in [0.3, 0.4) is 0 Å². The van der Waals surface area contributed by atoms with Crippen LogP contribution in [-0.4, -0.2) is 49.0 Å². The van der Waals surface area contributed by atoms with E-state index in [9.17, 15) is 9.59 Å². The lowest BCUT2D eigenvalue weighted by atomic mass is 9.79. The predicted octanol–water partition coefficient (Wildman–Crippen LogP) is 2.73. The van der Waals surface area contributed by atoms with Gasteiger partial charge in [-0.1, -0.05) is 36.1 Å². The van der Waals surface area contributed by atoms with Crippen LogP contribution in [0.25, 0.3) is 0 Å². The van der Waals surface area contributed by atoms with Gasteiger partial charge in [0.25, 0.3) is 11.8 Å². The molecule has 1 aliphatic heterocycles. The van der Waals surface area contributed by atoms with E-state index in [2.05, 4.69) is 32.2 Å². The highest BCUT2D eigenvalue weighted by Crippen LogP contribution is 2.39. The molecule has 2 aromatic heterocycles. The molecular formula is C29H28N8O2. The van der Waals surface area contributed by atoms with Crippen molar-refractivity contribution in [3.8, 4) is 11.8 Å². The van der Waals surface area contributed by atoms with Crippen molar-refractivity contribution in [3.63, 3.8) is 0 Å². The number of nitrogen functional groups attached to an aromatic ring is 1. The molecular weight excluding hydrogens is 492 g/mol. The standard InChI is InChI=1S/C29H28N8O2/c1-18-15-31-24(25(30)33-18)27(38)34-19(2)26-35-29(3)14-8-9-21(13-12-20-16-32-36(4)17-20)23(29)28(39)37(26)22-10-6-5-7-11-22/h5-11,15-17,19H,14H2,1-4H3,(H2,30,33)(H,34,38). The number of nitrogens with two attached hydrogens (primary N) is 1. The molecule has 196 valence electrons. The molecule has 0 saturated carbocycles. The fourth-order valence-electron chi connectivity index (χ4n) is 4.69. The molecule has 0 spiro atoms. The van der Waals surface area contributed by atoms with Crippen molar-refractivity contribution < 1.29 is 9.59 Å². The largest absolute Gasteiger partial charge is 0.382 e. The Hall–Kier alpha value is -5.04. The highest BCUT2D eigenvalue weighted by Gasteiger charge is 2.45. The summed E-state index contributed by atoms with van der Waals surface area (Å²) in [6, 6.07) is 8.56. The van der Waals surface area contributed by atoms with E-state index in [0.717, 1.165) is 5.56 Å². The van der Waals surface area contributed by atoms with Gasteiger partial charge in [-0.05, 0) is 45.4 Å². The minimum absolute atomic E-state index is 0.0156. The van der Waals surface area contributed by atoms with Gasteiger partial charge in [0.2, 0.25) is 0 Å². The summed E-state index contributed by atoms with van der Waals surface area (Å²) >= 11 is 0. The number of aliphatic imine (C=N–C) groups is 1. The highest BCUT2D eigenvalue weighted by molar-refractivity contribution is 6.27. The third-order valence-corrected chi connectivity index (χ3v) is 6.55. The quantitative estimate of drug-likeness (QED) is 0.509. The number of para-hydroxylation sites is 1. The first-order valence-corrected chi connectivity index (χ1v) is 12.5. The zero-order valence-electron chi connectivity index (χ0n) is 22.1. The number of amidine groups is 1. The number of hydrogen-bond donors (Lipinski definition) is 2. The Kier molecular flexibility index (Phi) is 6.58. The molecule has 2 aliphatic rings. The first-order valence-electron chi connectivity index (χ1n) is 12.5. The van der Waals surface area contributed by atoms with Crippen LogP contribution in [-0.2, 0) is 11.8 Å². The maximum atomic E-state index is 14.3. The summed E-state index contributed by atoms with van der Waals surface area (Å²) in [6.07, 6.45) is 9.31. The molecule has 3 N–H and O–H groups in total. The molecule has 3 heterocycles. The average molecular weight is 521 g/mol. The number of carbonyl (C=O) groups excluding carboxylic acids is 2. The van der Waals surface area contributed by atoms with Crippen molar-refractivity contribution in [2.75, 3.05) is 10.6 Å². The van der Waals surface area contributed by atoms with Crippen LogP contribution in [0.15, 0.2) is 77.2 Å². The second-order valence-electron chi connectivity index (χ2n) is 9.71. The number of anilines is 2. The monoisotopic (exact) mass is 520 g/mol. The van der Waals surface area contributed by atoms with Crippen molar-refractivity contribution in [2.45, 2.75) is 38.8 Å². The second-order valence-corrected chi connectivity index (χ2v) is 9.71. The van der Waals surface area contributed by atoms with E-state index >= 15 is 0 Å². The summed E-state index contributed by atoms with van der Waals surface area (Å²) in [5.41, 5.74) is 8.17. The van der Waals surface area contributed by atoms with Crippen LogP contribution in [0.5, 0.6) is 0 Å². The van der Waals surface area contributed by atoms with Crippen LogP contribution in [0.4, 0.5) is 11.5 Å². The predicted molar refractivity (Wildman–Crippen MR) is 149 cm³/mol. The number of rotatable bonds is 4. The molecule has 0 fully saturated rings. The molecule has 2 atom stereocenters. The molecule has 2 amide bonds. The van der Waals surface area contributed by atoms with Crippen molar-refractivity contribution in [1.29, 1.82) is 0 Å². The average Bonchev–Trinajstić information content (AvgIpc) is 3.32. The van der Waals surface area contributed by atoms with Gasteiger partial charge in [-0.25, -0.2) is 9.97 Å². The van der Waals surface area contributed by atoms with Crippen molar-refractivity contribution >= 4 is 29.2 Å². The first kappa shape index (κ1) is 25.6. The molecule has 0 radical (unpaired) electrons. The fraction of sp³-hybridized carbons (Fsp3) is 0.241. The summed E-state index contributed by atoms with van der Waals surface area (Å²) in [5.74, 6) is 5.95. The Labute approximate surface area is 226 Å². The summed E-state index contributed by atoms with van der Waals surface area (Å²) < 4.78 is 1.67. The Balaban J connectivity index is 1.58. The molecule has 0 bridgehead atoms. The first-order chi connectivity index (χ1) is 18.7. The fourth-order valence-corrected chi connectivity index (χ4v) is 4.69. The Morgan fingerprint density at radius 1 is 1.21 bits per heavy atom. The summed E-state index contributed by atoms with van der Waals surface area (Å²) in [4.78, 5) is 42.3. The van der Waals surface area contributed by atoms with E-state index in [1.54, 1.807) is 24.7 Å². The van der Waals surface area contributed by atoms with Crippen LogP contribution in [0, 0.1) is 18.8 Å². The van der Waals surface area contributed by atoms with Gasteiger partial charge in [-0.15, -0.1) is 0 Å². The second kappa shape index (κ2) is 10.0. The van der Waals surface area contributed by atoms with Crippen LogP contribution in [0.2, 0.25) is 0 Å². The molecule has 1 aliphatic carbocycles. The molecule has 10 nitrogen and oxygen atoms in total. The van der Waals surface area contributed by atoms with E-state index in [0.29, 0.717) is 34.8 Å². The van der Waals surface area contributed by atoms with Crippen molar-refractivity contribution in [3.05, 3.63) is 89.2 Å². The van der Waals surface area contributed by atoms with Gasteiger partial charge < -0.3 is 11.1 Å². The van der Waals surface area contributed by atoms with E-state index in [4.69, 9.17) is 10.7 Å². The summed E-state index contributed by atoms with van der Waals surface area (Å²) in [5, 5.41) is 7.06.